The van der Waals surface area contributed by atoms with Gasteiger partial charge in [-0.05, 0) is 85.4 Å². The molecule has 0 heterocycles. The molecule has 0 spiro atoms. The van der Waals surface area contributed by atoms with Gasteiger partial charge >= 0.3 is 0 Å². The molecule has 0 bridgehead atoms. The van der Waals surface area contributed by atoms with E-state index >= 15 is 0 Å². The molecule has 0 radical (unpaired) electrons. The van der Waals surface area contributed by atoms with Crippen LogP contribution < -0.4 is 10.5 Å². The quantitative estimate of drug-likeness (QED) is 0.438. The first-order valence-corrected chi connectivity index (χ1v) is 13.5. The van der Waals surface area contributed by atoms with Crippen LogP contribution in [0.25, 0.3) is 0 Å². The van der Waals surface area contributed by atoms with Crippen molar-refractivity contribution in [1.29, 1.82) is 0 Å². The average molecular weight is 519 g/mol. The molecule has 0 amide bonds. The predicted octanol–water partition coefficient (Wildman–Crippen LogP) is 5.61. The summed E-state index contributed by atoms with van der Waals surface area (Å²) >= 11 is 12.3. The Kier molecular flexibility index (Phi) is 8.78. The van der Waals surface area contributed by atoms with Gasteiger partial charge in [0.15, 0.2) is 9.84 Å². The van der Waals surface area contributed by atoms with Gasteiger partial charge < -0.3 is 10.5 Å². The minimum absolute atomic E-state index is 0. The lowest BCUT2D eigenvalue weighted by Crippen LogP contribution is -2.34. The summed E-state index contributed by atoms with van der Waals surface area (Å²) in [7, 11) is -2.96. The van der Waals surface area contributed by atoms with Crippen LogP contribution in [-0.2, 0) is 22.7 Å². The third-order valence-electron chi connectivity index (χ3n) is 6.28. The van der Waals surface area contributed by atoms with Crippen LogP contribution in [0.1, 0.15) is 48.3 Å². The Bertz CT molecular complexity index is 1040. The number of halogens is 3. The van der Waals surface area contributed by atoms with Gasteiger partial charge in [-0.15, -0.1) is 12.4 Å². The second kappa shape index (κ2) is 11.0. The number of fused-ring (bicyclic) bond motifs is 1. The van der Waals surface area contributed by atoms with E-state index in [2.05, 4.69) is 12.1 Å². The minimum Gasteiger partial charge on any atom is -0.494 e. The zero-order valence-corrected chi connectivity index (χ0v) is 21.1. The topological polar surface area (TPSA) is 69.4 Å². The number of hydrogen-bond donors (Lipinski definition) is 1. The van der Waals surface area contributed by atoms with Crippen molar-refractivity contribution in [2.24, 2.45) is 11.7 Å². The lowest BCUT2D eigenvalue weighted by molar-refractivity contribution is 0.316. The summed E-state index contributed by atoms with van der Waals surface area (Å²) in [6.45, 7) is 0.395. The van der Waals surface area contributed by atoms with E-state index in [0.717, 1.165) is 43.4 Å². The SMILES string of the molecule is Cl.NC1CCc2ccc(OCCCS(=O)(=O)CC3CC3)cc2C1Cc1ccc(Cl)c(Cl)c1. The Morgan fingerprint density at radius 2 is 1.81 bits per heavy atom. The van der Waals surface area contributed by atoms with Gasteiger partial charge in [0.2, 0.25) is 0 Å². The first kappa shape index (κ1) is 25.6. The highest BCUT2D eigenvalue weighted by atomic mass is 35.5. The molecule has 1 saturated carbocycles. The molecule has 8 heteroatoms. The fraction of sp³-hybridized carbons (Fsp3) is 0.500. The van der Waals surface area contributed by atoms with E-state index in [1.165, 1.54) is 11.1 Å². The normalized spacial score (nSPS) is 20.3. The average Bonchev–Trinajstić information content (AvgIpc) is 3.53. The molecule has 2 atom stereocenters. The summed E-state index contributed by atoms with van der Waals surface area (Å²) in [5, 5.41) is 1.10. The maximum atomic E-state index is 12.1. The Morgan fingerprint density at radius 3 is 2.53 bits per heavy atom. The van der Waals surface area contributed by atoms with E-state index in [1.54, 1.807) is 0 Å². The predicted molar refractivity (Wildman–Crippen MR) is 134 cm³/mol. The maximum absolute atomic E-state index is 12.1. The first-order valence-electron chi connectivity index (χ1n) is 11.0. The largest absolute Gasteiger partial charge is 0.494 e. The van der Waals surface area contributed by atoms with E-state index in [9.17, 15) is 8.42 Å². The van der Waals surface area contributed by atoms with Crippen molar-refractivity contribution in [1.82, 2.24) is 0 Å². The zero-order chi connectivity index (χ0) is 22.0. The number of benzene rings is 2. The van der Waals surface area contributed by atoms with Gasteiger partial charge in [-0.1, -0.05) is 35.3 Å². The second-order valence-electron chi connectivity index (χ2n) is 8.88. The Balaban J connectivity index is 0.00000289. The van der Waals surface area contributed by atoms with Crippen LogP contribution >= 0.6 is 35.6 Å². The fourth-order valence-electron chi connectivity index (χ4n) is 4.37. The summed E-state index contributed by atoms with van der Waals surface area (Å²) in [4.78, 5) is 0. The first-order chi connectivity index (χ1) is 14.8. The van der Waals surface area contributed by atoms with E-state index < -0.39 is 9.84 Å². The smallest absolute Gasteiger partial charge is 0.150 e. The number of aryl methyl sites for hydroxylation is 1. The highest BCUT2D eigenvalue weighted by molar-refractivity contribution is 7.91. The molecule has 0 aromatic heterocycles. The Hall–Kier alpha value is -0.980. The van der Waals surface area contributed by atoms with Crippen molar-refractivity contribution in [2.45, 2.75) is 50.5 Å². The Morgan fingerprint density at radius 1 is 1.03 bits per heavy atom. The molecule has 4 rings (SSSR count). The third kappa shape index (κ3) is 6.77. The van der Waals surface area contributed by atoms with Crippen LogP contribution in [0.3, 0.4) is 0 Å². The van der Waals surface area contributed by atoms with Gasteiger partial charge in [0.1, 0.15) is 5.75 Å². The molecule has 32 heavy (non-hydrogen) atoms. The minimum atomic E-state index is -2.96. The highest BCUT2D eigenvalue weighted by Crippen LogP contribution is 2.37. The lowest BCUT2D eigenvalue weighted by atomic mass is 9.76. The molecule has 2 N–H and O–H groups in total. The van der Waals surface area contributed by atoms with Gasteiger partial charge in [-0.25, -0.2) is 8.42 Å². The van der Waals surface area contributed by atoms with E-state index in [-0.39, 0.29) is 30.1 Å². The summed E-state index contributed by atoms with van der Waals surface area (Å²) in [6, 6.07) is 12.0. The zero-order valence-electron chi connectivity index (χ0n) is 17.9. The third-order valence-corrected chi connectivity index (χ3v) is 8.90. The van der Waals surface area contributed by atoms with Crippen molar-refractivity contribution in [3.8, 4) is 5.75 Å². The van der Waals surface area contributed by atoms with Crippen molar-refractivity contribution in [3.05, 3.63) is 63.1 Å². The summed E-state index contributed by atoms with van der Waals surface area (Å²) in [6.07, 6.45) is 5.30. The van der Waals surface area contributed by atoms with Crippen LogP contribution in [0.4, 0.5) is 0 Å². The Labute approximate surface area is 207 Å². The van der Waals surface area contributed by atoms with E-state index in [4.69, 9.17) is 33.7 Å². The van der Waals surface area contributed by atoms with E-state index in [1.807, 2.05) is 24.3 Å². The highest BCUT2D eigenvalue weighted by Gasteiger charge is 2.29. The molecule has 0 saturated heterocycles. The van der Waals surface area contributed by atoms with Crippen molar-refractivity contribution < 1.29 is 13.2 Å². The number of nitrogens with two attached hydrogens (primary N) is 1. The molecule has 0 aliphatic heterocycles. The van der Waals surface area contributed by atoms with Gasteiger partial charge in [-0.2, -0.15) is 0 Å². The summed E-state index contributed by atoms with van der Waals surface area (Å²) < 4.78 is 30.1. The lowest BCUT2D eigenvalue weighted by Gasteiger charge is -2.32. The molecule has 2 unspecified atom stereocenters. The van der Waals surface area contributed by atoms with Crippen molar-refractivity contribution in [2.75, 3.05) is 18.1 Å². The van der Waals surface area contributed by atoms with E-state index in [0.29, 0.717) is 34.7 Å². The summed E-state index contributed by atoms with van der Waals surface area (Å²) in [5.74, 6) is 1.86. The van der Waals surface area contributed by atoms with Gasteiger partial charge in [-0.3, -0.25) is 0 Å². The molecule has 1 fully saturated rings. The molecule has 2 aliphatic rings. The number of hydrogen-bond acceptors (Lipinski definition) is 4. The van der Waals surface area contributed by atoms with Crippen LogP contribution in [0.15, 0.2) is 36.4 Å². The second-order valence-corrected chi connectivity index (χ2v) is 11.9. The maximum Gasteiger partial charge on any atom is 0.150 e. The van der Waals surface area contributed by atoms with Crippen LogP contribution in [0.5, 0.6) is 5.75 Å². The molecule has 2 aromatic rings. The summed E-state index contributed by atoms with van der Waals surface area (Å²) in [5.41, 5.74) is 10.1. The van der Waals surface area contributed by atoms with Crippen LogP contribution in [0, 0.1) is 5.92 Å². The number of rotatable bonds is 9. The van der Waals surface area contributed by atoms with Crippen molar-refractivity contribution in [3.63, 3.8) is 0 Å². The number of sulfone groups is 1. The molecule has 2 aliphatic carbocycles. The molecular formula is C24H30Cl3NO3S. The van der Waals surface area contributed by atoms with Gasteiger partial charge in [0.25, 0.3) is 0 Å². The molecule has 176 valence electrons. The van der Waals surface area contributed by atoms with Gasteiger partial charge in [0, 0.05) is 12.0 Å². The number of ether oxygens (including phenoxy) is 1. The fourth-order valence-corrected chi connectivity index (χ4v) is 6.46. The standard InChI is InChI=1S/C24H29Cl2NO3S.ClH/c25-22-8-4-17(13-23(22)26)12-21-20-14-19(7-5-18(20)6-9-24(21)27)30-10-1-11-31(28,29)15-16-2-3-16;/h4-5,7-8,13-14,16,21,24H,1-3,6,9-12,15,27H2;1H. The monoisotopic (exact) mass is 517 g/mol. The van der Waals surface area contributed by atoms with Crippen LogP contribution in [-0.4, -0.2) is 32.6 Å². The van der Waals surface area contributed by atoms with Crippen molar-refractivity contribution >= 4 is 45.4 Å². The van der Waals surface area contributed by atoms with Gasteiger partial charge in [0.05, 0.1) is 28.2 Å². The molecule has 4 nitrogen and oxygen atoms in total. The molecule has 2 aromatic carbocycles. The molecular weight excluding hydrogens is 489 g/mol. The van der Waals surface area contributed by atoms with Crippen LogP contribution in [0.2, 0.25) is 10.0 Å².